The summed E-state index contributed by atoms with van der Waals surface area (Å²) in [6, 6.07) is 11.2. The minimum Gasteiger partial charge on any atom is -0.459 e. The van der Waals surface area contributed by atoms with E-state index >= 15 is 0 Å². The first-order chi connectivity index (χ1) is 10.2. The molecular weight excluding hydrogens is 260 g/mol. The molecule has 21 heavy (non-hydrogen) atoms. The highest BCUT2D eigenvalue weighted by molar-refractivity contribution is 5.77. The number of nitrogens with one attached hydrogen (secondary N) is 1. The molecule has 2 atom stereocenters. The molecule has 1 aliphatic heterocycles. The molecule has 0 bridgehead atoms. The molecule has 1 aromatic carbocycles. The zero-order valence-corrected chi connectivity index (χ0v) is 13.1. The van der Waals surface area contributed by atoms with Crippen molar-refractivity contribution in [3.63, 3.8) is 0 Å². The van der Waals surface area contributed by atoms with E-state index in [1.807, 2.05) is 12.1 Å². The Hall–Kier alpha value is -1.32. The van der Waals surface area contributed by atoms with Crippen molar-refractivity contribution < 1.29 is 4.42 Å². The molecule has 2 unspecified atom stereocenters. The van der Waals surface area contributed by atoms with Crippen molar-refractivity contribution >= 4 is 11.0 Å². The maximum absolute atomic E-state index is 5.93. The number of fused-ring (bicyclic) bond motifs is 1. The minimum atomic E-state index is 0.254. The second kappa shape index (κ2) is 6.63. The maximum Gasteiger partial charge on any atom is 0.134 e. The molecule has 0 saturated carbocycles. The highest BCUT2D eigenvalue weighted by atomic mass is 16.3. The Morgan fingerprint density at radius 1 is 1.14 bits per heavy atom. The molecule has 1 aromatic heterocycles. The van der Waals surface area contributed by atoms with E-state index in [2.05, 4.69) is 42.3 Å². The molecule has 0 spiro atoms. The van der Waals surface area contributed by atoms with Crippen LogP contribution in [0.5, 0.6) is 0 Å². The minimum absolute atomic E-state index is 0.254. The van der Waals surface area contributed by atoms with E-state index in [4.69, 9.17) is 4.42 Å². The van der Waals surface area contributed by atoms with Gasteiger partial charge in [-0.2, -0.15) is 0 Å². The van der Waals surface area contributed by atoms with E-state index in [0.29, 0.717) is 6.04 Å². The summed E-state index contributed by atoms with van der Waals surface area (Å²) in [6.45, 7) is 8.02. The smallest absolute Gasteiger partial charge is 0.134 e. The molecule has 1 aliphatic rings. The fourth-order valence-electron chi connectivity index (χ4n) is 3.15. The van der Waals surface area contributed by atoms with Gasteiger partial charge in [0.15, 0.2) is 0 Å². The van der Waals surface area contributed by atoms with Crippen molar-refractivity contribution in [3.8, 4) is 0 Å². The largest absolute Gasteiger partial charge is 0.459 e. The predicted molar refractivity (Wildman–Crippen MR) is 87.5 cm³/mol. The lowest BCUT2D eigenvalue weighted by atomic mass is 10.1. The number of benzene rings is 1. The second-order valence-corrected chi connectivity index (χ2v) is 6.26. The summed E-state index contributed by atoms with van der Waals surface area (Å²) in [5, 5.41) is 4.81. The number of rotatable bonds is 5. The number of furan rings is 1. The number of hydrogen-bond donors (Lipinski definition) is 1. The predicted octanol–water partition coefficient (Wildman–Crippen LogP) is 3.96. The Morgan fingerprint density at radius 3 is 2.67 bits per heavy atom. The van der Waals surface area contributed by atoms with Crippen molar-refractivity contribution in [1.29, 1.82) is 0 Å². The van der Waals surface area contributed by atoms with Gasteiger partial charge < -0.3 is 9.73 Å². The van der Waals surface area contributed by atoms with Crippen LogP contribution in [0.4, 0.5) is 0 Å². The first-order valence-corrected chi connectivity index (χ1v) is 8.20. The van der Waals surface area contributed by atoms with Crippen LogP contribution in [0.25, 0.3) is 11.0 Å². The summed E-state index contributed by atoms with van der Waals surface area (Å²) >= 11 is 0. The molecule has 1 N–H and O–H groups in total. The number of hydrogen-bond acceptors (Lipinski definition) is 3. The van der Waals surface area contributed by atoms with Crippen molar-refractivity contribution in [3.05, 3.63) is 36.1 Å². The van der Waals surface area contributed by atoms with E-state index in [1.165, 1.54) is 37.7 Å². The molecule has 3 heteroatoms. The van der Waals surface area contributed by atoms with Gasteiger partial charge in [-0.1, -0.05) is 24.6 Å². The number of likely N-dealkylation sites (tertiary alicyclic amines) is 1. The van der Waals surface area contributed by atoms with Crippen LogP contribution < -0.4 is 5.32 Å². The first kappa shape index (κ1) is 14.6. The van der Waals surface area contributed by atoms with Crippen molar-refractivity contribution in [1.82, 2.24) is 10.2 Å². The average Bonchev–Trinajstić information content (AvgIpc) is 2.97. The Kier molecular flexibility index (Phi) is 4.61. The summed E-state index contributed by atoms with van der Waals surface area (Å²) in [5.74, 6) is 1.03. The van der Waals surface area contributed by atoms with Crippen molar-refractivity contribution in [2.24, 2.45) is 0 Å². The SMILES string of the molecule is CC(NCC(C)N1CCCCC1)c1cc2ccccc2o1. The van der Waals surface area contributed by atoms with Gasteiger partial charge in [-0.25, -0.2) is 0 Å². The standard InChI is InChI=1S/C18H26N2O/c1-14(20-10-6-3-7-11-20)13-19-15(2)18-12-16-8-4-5-9-17(16)21-18/h4-5,8-9,12,14-15,19H,3,6-7,10-11,13H2,1-2H3. The first-order valence-electron chi connectivity index (χ1n) is 8.20. The third-order valence-corrected chi connectivity index (χ3v) is 4.60. The highest BCUT2D eigenvalue weighted by Crippen LogP contribution is 2.23. The number of piperidine rings is 1. The van der Waals surface area contributed by atoms with Gasteiger partial charge in [0.05, 0.1) is 6.04 Å². The Balaban J connectivity index is 1.56. The van der Waals surface area contributed by atoms with Gasteiger partial charge >= 0.3 is 0 Å². The van der Waals surface area contributed by atoms with Crippen LogP contribution in [0.1, 0.15) is 44.9 Å². The van der Waals surface area contributed by atoms with Crippen LogP contribution in [0.3, 0.4) is 0 Å². The molecule has 3 rings (SSSR count). The fourth-order valence-corrected chi connectivity index (χ4v) is 3.15. The van der Waals surface area contributed by atoms with Crippen LogP contribution in [0, 0.1) is 0 Å². The van der Waals surface area contributed by atoms with E-state index in [9.17, 15) is 0 Å². The monoisotopic (exact) mass is 286 g/mol. The van der Waals surface area contributed by atoms with Gasteiger partial charge in [-0.15, -0.1) is 0 Å². The van der Waals surface area contributed by atoms with Gasteiger partial charge in [-0.3, -0.25) is 4.90 Å². The summed E-state index contributed by atoms with van der Waals surface area (Å²) in [4.78, 5) is 2.60. The molecule has 0 aliphatic carbocycles. The molecular formula is C18H26N2O. The lowest BCUT2D eigenvalue weighted by Gasteiger charge is -2.33. The van der Waals surface area contributed by atoms with Gasteiger partial charge in [-0.05, 0) is 51.9 Å². The summed E-state index contributed by atoms with van der Waals surface area (Å²) in [5.41, 5.74) is 0.977. The maximum atomic E-state index is 5.93. The third kappa shape index (κ3) is 3.47. The number of para-hydroxylation sites is 1. The molecule has 1 saturated heterocycles. The molecule has 114 valence electrons. The highest BCUT2D eigenvalue weighted by Gasteiger charge is 2.18. The average molecular weight is 286 g/mol. The molecule has 2 aromatic rings. The zero-order chi connectivity index (χ0) is 14.7. The molecule has 0 amide bonds. The topological polar surface area (TPSA) is 28.4 Å². The van der Waals surface area contributed by atoms with Gasteiger partial charge in [0.2, 0.25) is 0 Å². The second-order valence-electron chi connectivity index (χ2n) is 6.26. The lowest BCUT2D eigenvalue weighted by Crippen LogP contribution is -2.43. The van der Waals surface area contributed by atoms with Gasteiger partial charge in [0.1, 0.15) is 11.3 Å². The van der Waals surface area contributed by atoms with Crippen LogP contribution >= 0.6 is 0 Å². The fraction of sp³-hybridized carbons (Fsp3) is 0.556. The summed E-state index contributed by atoms with van der Waals surface area (Å²) < 4.78 is 5.93. The van der Waals surface area contributed by atoms with E-state index in [0.717, 1.165) is 17.9 Å². The lowest BCUT2D eigenvalue weighted by molar-refractivity contribution is 0.167. The van der Waals surface area contributed by atoms with Crippen LogP contribution in [-0.4, -0.2) is 30.6 Å². The molecule has 1 fully saturated rings. The normalized spacial score (nSPS) is 19.7. The van der Waals surface area contributed by atoms with Crippen molar-refractivity contribution in [2.45, 2.75) is 45.2 Å². The number of nitrogens with zero attached hydrogens (tertiary/aromatic N) is 1. The molecule has 2 heterocycles. The van der Waals surface area contributed by atoms with Crippen LogP contribution in [0.2, 0.25) is 0 Å². The Labute approximate surface area is 127 Å². The summed E-state index contributed by atoms with van der Waals surface area (Å²) in [6.07, 6.45) is 4.10. The Morgan fingerprint density at radius 2 is 1.90 bits per heavy atom. The van der Waals surface area contributed by atoms with Crippen molar-refractivity contribution in [2.75, 3.05) is 19.6 Å². The van der Waals surface area contributed by atoms with E-state index < -0.39 is 0 Å². The van der Waals surface area contributed by atoms with Crippen LogP contribution in [0.15, 0.2) is 34.7 Å². The molecule has 3 nitrogen and oxygen atoms in total. The molecule has 0 radical (unpaired) electrons. The van der Waals surface area contributed by atoms with Gasteiger partial charge in [0, 0.05) is 18.0 Å². The van der Waals surface area contributed by atoms with E-state index in [-0.39, 0.29) is 6.04 Å². The Bertz CT molecular complexity index is 538. The van der Waals surface area contributed by atoms with Crippen LogP contribution in [-0.2, 0) is 0 Å². The third-order valence-electron chi connectivity index (χ3n) is 4.60. The quantitative estimate of drug-likeness (QED) is 0.902. The summed E-state index contributed by atoms with van der Waals surface area (Å²) in [7, 11) is 0. The van der Waals surface area contributed by atoms with Gasteiger partial charge in [0.25, 0.3) is 0 Å². The van der Waals surface area contributed by atoms with E-state index in [1.54, 1.807) is 0 Å². The zero-order valence-electron chi connectivity index (χ0n) is 13.1.